The number of carbonyl (C=O) groups is 5. The molecule has 238 valence electrons. The van der Waals surface area contributed by atoms with Crippen molar-refractivity contribution < 1.29 is 57.1 Å². The van der Waals surface area contributed by atoms with E-state index in [1.54, 1.807) is 44.2 Å². The number of thiocarbonyl (C=S) groups is 1. The molecule has 1 fully saturated rings. The molecule has 2 aliphatic heterocycles. The molecule has 15 heteroatoms. The van der Waals surface area contributed by atoms with E-state index in [2.05, 4.69) is 10.6 Å². The van der Waals surface area contributed by atoms with E-state index < -0.39 is 60.6 Å². The average Bonchev–Trinajstić information content (AvgIpc) is 2.91. The van der Waals surface area contributed by atoms with Crippen LogP contribution in [-0.2, 0) is 52.4 Å². The van der Waals surface area contributed by atoms with E-state index in [9.17, 15) is 24.0 Å². The maximum atomic E-state index is 12.6. The molecule has 0 radical (unpaired) electrons. The number of rotatable bonds is 10. The zero-order valence-corrected chi connectivity index (χ0v) is 25.8. The first-order valence-electron chi connectivity index (χ1n) is 13.5. The first-order valence-corrected chi connectivity index (χ1v) is 13.9. The fourth-order valence-electron chi connectivity index (χ4n) is 4.45. The standard InChI is InChI=1S/C29H34N2O12S/c1-7-37-27(36)23-14(2)30-29(44)31-21(23)12-19-8-10-20(11-9-19)42-28-26(41-18(6)35)25(40-17(5)34)24(39-16(4)33)22(43-28)13-38-15(3)32/h8-12,22,24-26,28H,7,13H2,1-6H3,(H2,30,31,44)/t22-,24-,25-,26-,28-/m1/s1. The van der Waals surface area contributed by atoms with Gasteiger partial charge in [-0.3, -0.25) is 19.2 Å². The summed E-state index contributed by atoms with van der Waals surface area (Å²) >= 11 is 5.24. The monoisotopic (exact) mass is 634 g/mol. The van der Waals surface area contributed by atoms with Crippen molar-refractivity contribution in [1.29, 1.82) is 0 Å². The molecule has 2 N–H and O–H groups in total. The van der Waals surface area contributed by atoms with Gasteiger partial charge < -0.3 is 43.8 Å². The topological polar surface area (TPSA) is 174 Å². The van der Waals surface area contributed by atoms with Gasteiger partial charge in [-0.2, -0.15) is 0 Å². The molecule has 2 heterocycles. The zero-order chi connectivity index (χ0) is 32.6. The quantitative estimate of drug-likeness (QED) is 0.216. The van der Waals surface area contributed by atoms with E-state index in [0.29, 0.717) is 27.6 Å². The smallest absolute Gasteiger partial charge is 0.342 e. The first-order chi connectivity index (χ1) is 20.8. The minimum atomic E-state index is -1.38. The van der Waals surface area contributed by atoms with E-state index in [0.717, 1.165) is 20.8 Å². The van der Waals surface area contributed by atoms with Crippen molar-refractivity contribution in [3.63, 3.8) is 0 Å². The number of benzene rings is 1. The van der Waals surface area contributed by atoms with Crippen molar-refractivity contribution in [2.24, 2.45) is 0 Å². The Morgan fingerprint density at radius 2 is 1.43 bits per heavy atom. The number of nitrogens with one attached hydrogen (secondary N) is 2. The summed E-state index contributed by atoms with van der Waals surface area (Å²) in [6.45, 7) is 7.79. The van der Waals surface area contributed by atoms with Gasteiger partial charge >= 0.3 is 29.8 Å². The number of allylic oxidation sites excluding steroid dienone is 1. The lowest BCUT2D eigenvalue weighted by Gasteiger charge is -2.43. The van der Waals surface area contributed by atoms with Gasteiger partial charge in [0.2, 0.25) is 12.4 Å². The van der Waals surface area contributed by atoms with Crippen LogP contribution in [0.1, 0.15) is 47.1 Å². The molecular formula is C29H34N2O12S. The zero-order valence-electron chi connectivity index (χ0n) is 25.0. The normalized spacial score (nSPS) is 23.9. The third-order valence-electron chi connectivity index (χ3n) is 6.06. The molecule has 3 rings (SSSR count). The van der Waals surface area contributed by atoms with E-state index in [1.165, 1.54) is 6.92 Å². The Balaban J connectivity index is 1.93. The number of esters is 5. The van der Waals surface area contributed by atoms with E-state index >= 15 is 0 Å². The SMILES string of the molecule is CCOC(=O)C1=C(C)NC(=S)NC1=Cc1ccc(O[C@@H]2O[C@H](COC(C)=O)[C@@H](OC(C)=O)[C@@H](OC(C)=O)[C@H]2OC(C)=O)cc1. The van der Waals surface area contributed by atoms with Gasteiger partial charge in [-0.1, -0.05) is 12.1 Å². The Kier molecular flexibility index (Phi) is 11.8. The van der Waals surface area contributed by atoms with Crippen molar-refractivity contribution in [2.45, 2.75) is 72.2 Å². The molecule has 0 spiro atoms. The molecule has 0 bridgehead atoms. The van der Waals surface area contributed by atoms with Gasteiger partial charge in [0.1, 0.15) is 24.0 Å². The van der Waals surface area contributed by atoms with Crippen molar-refractivity contribution in [3.05, 3.63) is 46.8 Å². The number of ether oxygens (including phenoxy) is 7. The number of carbonyl (C=O) groups excluding carboxylic acids is 5. The Morgan fingerprint density at radius 3 is 2.00 bits per heavy atom. The van der Waals surface area contributed by atoms with E-state index in [-0.39, 0.29) is 19.0 Å². The Hall–Kier alpha value is -4.50. The molecule has 1 aromatic rings. The highest BCUT2D eigenvalue weighted by molar-refractivity contribution is 7.80. The highest BCUT2D eigenvalue weighted by Gasteiger charge is 2.53. The van der Waals surface area contributed by atoms with Gasteiger partial charge in [-0.05, 0) is 49.8 Å². The highest BCUT2D eigenvalue weighted by atomic mass is 32.1. The molecule has 0 aliphatic carbocycles. The summed E-state index contributed by atoms with van der Waals surface area (Å²) in [7, 11) is 0. The lowest BCUT2D eigenvalue weighted by Crippen LogP contribution is -2.63. The molecule has 0 amide bonds. The largest absolute Gasteiger partial charge is 0.463 e. The summed E-state index contributed by atoms with van der Waals surface area (Å²) in [6, 6.07) is 6.53. The van der Waals surface area contributed by atoms with Crippen LogP contribution in [0.3, 0.4) is 0 Å². The molecular weight excluding hydrogens is 600 g/mol. The molecule has 0 aromatic heterocycles. The fraction of sp³-hybridized carbons (Fsp3) is 0.448. The second-order valence-electron chi connectivity index (χ2n) is 9.61. The summed E-state index contributed by atoms with van der Waals surface area (Å²) < 4.78 is 38.5. The highest BCUT2D eigenvalue weighted by Crippen LogP contribution is 2.31. The molecule has 1 aromatic carbocycles. The van der Waals surface area contributed by atoms with Crippen LogP contribution in [0.25, 0.3) is 6.08 Å². The van der Waals surface area contributed by atoms with Crippen LogP contribution >= 0.6 is 12.2 Å². The lowest BCUT2D eigenvalue weighted by atomic mass is 9.98. The van der Waals surface area contributed by atoms with Crippen molar-refractivity contribution >= 4 is 53.3 Å². The lowest BCUT2D eigenvalue weighted by molar-refractivity contribution is -0.288. The second kappa shape index (κ2) is 15.3. The van der Waals surface area contributed by atoms with Crippen molar-refractivity contribution in [1.82, 2.24) is 10.6 Å². The molecule has 44 heavy (non-hydrogen) atoms. The number of hydrogen-bond donors (Lipinski definition) is 2. The van der Waals surface area contributed by atoms with Gasteiger partial charge in [-0.25, -0.2) is 4.79 Å². The third kappa shape index (κ3) is 9.25. The predicted molar refractivity (Wildman–Crippen MR) is 155 cm³/mol. The first kappa shape index (κ1) is 34.0. The van der Waals surface area contributed by atoms with Gasteiger partial charge in [-0.15, -0.1) is 0 Å². The summed E-state index contributed by atoms with van der Waals surface area (Å²) in [6.07, 6.45) is -4.89. The van der Waals surface area contributed by atoms with Gasteiger partial charge in [0.25, 0.3) is 0 Å². The second-order valence-corrected chi connectivity index (χ2v) is 10.0. The van der Waals surface area contributed by atoms with Crippen LogP contribution in [0.15, 0.2) is 41.2 Å². The molecule has 14 nitrogen and oxygen atoms in total. The molecule has 0 saturated carbocycles. The Labute approximate surface area is 258 Å². The van der Waals surface area contributed by atoms with Crippen LogP contribution in [0.4, 0.5) is 0 Å². The van der Waals surface area contributed by atoms with Crippen LogP contribution in [0.5, 0.6) is 5.75 Å². The summed E-state index contributed by atoms with van der Waals surface area (Å²) in [5, 5.41) is 6.18. The minimum Gasteiger partial charge on any atom is -0.463 e. The van der Waals surface area contributed by atoms with Crippen LogP contribution in [-0.4, -0.2) is 78.9 Å². The van der Waals surface area contributed by atoms with Crippen LogP contribution in [0, 0.1) is 0 Å². The molecule has 0 unspecified atom stereocenters. The third-order valence-corrected chi connectivity index (χ3v) is 6.27. The maximum absolute atomic E-state index is 12.6. The van der Waals surface area contributed by atoms with E-state index in [4.69, 9.17) is 45.4 Å². The predicted octanol–water partition coefficient (Wildman–Crippen LogP) is 1.80. The van der Waals surface area contributed by atoms with E-state index in [1.807, 2.05) is 0 Å². The van der Waals surface area contributed by atoms with Gasteiger partial charge in [0.05, 0.1) is 12.3 Å². The fourth-order valence-corrected chi connectivity index (χ4v) is 4.72. The van der Waals surface area contributed by atoms with Crippen LogP contribution < -0.4 is 15.4 Å². The van der Waals surface area contributed by atoms with Gasteiger partial charge in [0.15, 0.2) is 17.3 Å². The van der Waals surface area contributed by atoms with Crippen molar-refractivity contribution in [2.75, 3.05) is 13.2 Å². The van der Waals surface area contributed by atoms with Crippen molar-refractivity contribution in [3.8, 4) is 5.75 Å². The van der Waals surface area contributed by atoms with Crippen LogP contribution in [0.2, 0.25) is 0 Å². The maximum Gasteiger partial charge on any atom is 0.342 e. The average molecular weight is 635 g/mol. The Morgan fingerprint density at radius 1 is 0.841 bits per heavy atom. The summed E-state index contributed by atoms with van der Waals surface area (Å²) in [4.78, 5) is 60.1. The van der Waals surface area contributed by atoms with Gasteiger partial charge in [0, 0.05) is 33.4 Å². The summed E-state index contributed by atoms with van der Waals surface area (Å²) in [5.74, 6) is -3.16. The summed E-state index contributed by atoms with van der Waals surface area (Å²) in [5.41, 5.74) is 1.90. The number of hydrogen-bond acceptors (Lipinski definition) is 13. The molecule has 2 aliphatic rings. The Bertz CT molecular complexity index is 1360. The minimum absolute atomic E-state index is 0.193. The molecule has 1 saturated heterocycles. The molecule has 5 atom stereocenters.